The van der Waals surface area contributed by atoms with Crippen molar-refractivity contribution in [2.75, 3.05) is 18.0 Å². The van der Waals surface area contributed by atoms with Gasteiger partial charge in [-0.25, -0.2) is 4.79 Å². The van der Waals surface area contributed by atoms with E-state index in [1.165, 1.54) is 12.1 Å². The van der Waals surface area contributed by atoms with Crippen LogP contribution in [0.3, 0.4) is 0 Å². The van der Waals surface area contributed by atoms with Gasteiger partial charge < -0.3 is 15.3 Å². The van der Waals surface area contributed by atoms with Crippen LogP contribution < -0.4 is 10.2 Å². The number of anilines is 1. The highest BCUT2D eigenvalue weighted by atomic mass is 16.4. The predicted octanol–water partition coefficient (Wildman–Crippen LogP) is 2.02. The van der Waals surface area contributed by atoms with Gasteiger partial charge in [0.25, 0.3) is 0 Å². The SMILES string of the molecule is O=C(Cc1ccc(C(=O)O)cc1)NCC(=O)N1CCCc2ccccc21. The molecule has 26 heavy (non-hydrogen) atoms. The van der Waals surface area contributed by atoms with E-state index in [9.17, 15) is 14.4 Å². The second kappa shape index (κ2) is 7.82. The summed E-state index contributed by atoms with van der Waals surface area (Å²) in [4.78, 5) is 37.1. The number of carboxylic acids is 1. The lowest BCUT2D eigenvalue weighted by Crippen LogP contribution is -2.43. The molecule has 0 atom stereocenters. The first-order valence-corrected chi connectivity index (χ1v) is 8.52. The highest BCUT2D eigenvalue weighted by Gasteiger charge is 2.22. The number of hydrogen-bond donors (Lipinski definition) is 2. The molecule has 1 heterocycles. The summed E-state index contributed by atoms with van der Waals surface area (Å²) in [7, 11) is 0. The van der Waals surface area contributed by atoms with Gasteiger partial charge in [0.05, 0.1) is 18.5 Å². The predicted molar refractivity (Wildman–Crippen MR) is 97.2 cm³/mol. The minimum atomic E-state index is -1.01. The van der Waals surface area contributed by atoms with E-state index in [0.717, 1.165) is 24.1 Å². The third kappa shape index (κ3) is 4.08. The van der Waals surface area contributed by atoms with Crippen molar-refractivity contribution in [3.8, 4) is 0 Å². The molecule has 134 valence electrons. The maximum atomic E-state index is 12.5. The van der Waals surface area contributed by atoms with Gasteiger partial charge in [-0.1, -0.05) is 30.3 Å². The summed E-state index contributed by atoms with van der Waals surface area (Å²) in [6, 6.07) is 13.9. The van der Waals surface area contributed by atoms with E-state index >= 15 is 0 Å². The second-order valence-electron chi connectivity index (χ2n) is 6.23. The molecule has 1 aliphatic rings. The first kappa shape index (κ1) is 17.7. The lowest BCUT2D eigenvalue weighted by atomic mass is 10.0. The quantitative estimate of drug-likeness (QED) is 0.862. The van der Waals surface area contributed by atoms with Crippen molar-refractivity contribution in [1.29, 1.82) is 0 Å². The fraction of sp³-hybridized carbons (Fsp3) is 0.250. The lowest BCUT2D eigenvalue weighted by Gasteiger charge is -2.29. The molecule has 1 aliphatic heterocycles. The van der Waals surface area contributed by atoms with Crippen molar-refractivity contribution < 1.29 is 19.5 Å². The van der Waals surface area contributed by atoms with Crippen molar-refractivity contribution in [2.45, 2.75) is 19.3 Å². The third-order valence-electron chi connectivity index (χ3n) is 4.41. The van der Waals surface area contributed by atoms with E-state index in [2.05, 4.69) is 5.32 Å². The first-order valence-electron chi connectivity index (χ1n) is 8.52. The molecule has 6 nitrogen and oxygen atoms in total. The molecule has 2 aromatic carbocycles. The number of carbonyl (C=O) groups is 3. The number of rotatable bonds is 5. The molecule has 0 aromatic heterocycles. The average molecular weight is 352 g/mol. The molecule has 0 spiro atoms. The molecule has 0 saturated carbocycles. The summed E-state index contributed by atoms with van der Waals surface area (Å²) >= 11 is 0. The third-order valence-corrected chi connectivity index (χ3v) is 4.41. The Morgan fingerprint density at radius 1 is 1.04 bits per heavy atom. The maximum absolute atomic E-state index is 12.5. The number of benzene rings is 2. The van der Waals surface area contributed by atoms with Crippen LogP contribution in [-0.4, -0.2) is 36.0 Å². The summed E-state index contributed by atoms with van der Waals surface area (Å²) in [5.41, 5.74) is 2.94. The Labute approximate surface area is 151 Å². The molecule has 2 N–H and O–H groups in total. The Hall–Kier alpha value is -3.15. The van der Waals surface area contributed by atoms with Crippen LogP contribution in [0.25, 0.3) is 0 Å². The van der Waals surface area contributed by atoms with Gasteiger partial charge in [0.15, 0.2) is 0 Å². The molecule has 0 aliphatic carbocycles. The molecular weight excluding hydrogens is 332 g/mol. The molecule has 0 unspecified atom stereocenters. The number of amides is 2. The van der Waals surface area contributed by atoms with Gasteiger partial charge in [0.1, 0.15) is 0 Å². The molecule has 2 amide bonds. The van der Waals surface area contributed by atoms with Gasteiger partial charge in [0.2, 0.25) is 11.8 Å². The summed E-state index contributed by atoms with van der Waals surface area (Å²) in [5, 5.41) is 11.5. The number of nitrogens with zero attached hydrogens (tertiary/aromatic N) is 1. The highest BCUT2D eigenvalue weighted by molar-refractivity contribution is 5.97. The van der Waals surface area contributed by atoms with Gasteiger partial charge in [-0.2, -0.15) is 0 Å². The monoisotopic (exact) mass is 352 g/mol. The van der Waals surface area contributed by atoms with Crippen molar-refractivity contribution in [1.82, 2.24) is 5.32 Å². The Morgan fingerprint density at radius 2 is 1.77 bits per heavy atom. The number of nitrogens with one attached hydrogen (secondary N) is 1. The van der Waals surface area contributed by atoms with Crippen molar-refractivity contribution in [3.63, 3.8) is 0 Å². The van der Waals surface area contributed by atoms with Crippen LogP contribution in [0, 0.1) is 0 Å². The minimum absolute atomic E-state index is 0.0552. The summed E-state index contributed by atoms with van der Waals surface area (Å²) in [5.74, 6) is -1.41. The largest absolute Gasteiger partial charge is 0.478 e. The molecule has 6 heteroatoms. The molecular formula is C20H20N2O4. The van der Waals surface area contributed by atoms with Gasteiger partial charge in [0, 0.05) is 12.2 Å². The standard InChI is InChI=1S/C20H20N2O4/c23-18(12-14-7-9-16(10-8-14)20(25)26)21-13-19(24)22-11-3-5-15-4-1-2-6-17(15)22/h1-2,4,6-10H,3,5,11-13H2,(H,21,23)(H,25,26). The van der Waals surface area contributed by atoms with Crippen LogP contribution in [0.1, 0.15) is 27.9 Å². The van der Waals surface area contributed by atoms with E-state index in [4.69, 9.17) is 5.11 Å². The van der Waals surface area contributed by atoms with Gasteiger partial charge in [-0.15, -0.1) is 0 Å². The fourth-order valence-corrected chi connectivity index (χ4v) is 3.08. The van der Waals surface area contributed by atoms with Crippen LogP contribution in [0.15, 0.2) is 48.5 Å². The van der Waals surface area contributed by atoms with Gasteiger partial charge in [-0.3, -0.25) is 9.59 Å². The Bertz CT molecular complexity index is 830. The van der Waals surface area contributed by atoms with Crippen molar-refractivity contribution in [2.24, 2.45) is 0 Å². The van der Waals surface area contributed by atoms with Gasteiger partial charge in [-0.05, 0) is 42.2 Å². The number of carbonyl (C=O) groups excluding carboxylic acids is 2. The van der Waals surface area contributed by atoms with E-state index in [1.54, 1.807) is 17.0 Å². The van der Waals surface area contributed by atoms with Crippen LogP contribution in [0.4, 0.5) is 5.69 Å². The molecule has 0 saturated heterocycles. The van der Waals surface area contributed by atoms with Crippen LogP contribution in [-0.2, 0) is 22.4 Å². The minimum Gasteiger partial charge on any atom is -0.478 e. The van der Waals surface area contributed by atoms with Gasteiger partial charge >= 0.3 is 5.97 Å². The Balaban J connectivity index is 1.55. The van der Waals surface area contributed by atoms with Crippen LogP contribution >= 0.6 is 0 Å². The van der Waals surface area contributed by atoms with E-state index in [-0.39, 0.29) is 30.3 Å². The zero-order chi connectivity index (χ0) is 18.5. The number of hydrogen-bond acceptors (Lipinski definition) is 3. The lowest BCUT2D eigenvalue weighted by molar-refractivity contribution is -0.124. The van der Waals surface area contributed by atoms with Crippen LogP contribution in [0.5, 0.6) is 0 Å². The molecule has 0 bridgehead atoms. The van der Waals surface area contributed by atoms with E-state index in [0.29, 0.717) is 12.1 Å². The summed E-state index contributed by atoms with van der Waals surface area (Å²) < 4.78 is 0. The smallest absolute Gasteiger partial charge is 0.335 e. The zero-order valence-electron chi connectivity index (χ0n) is 14.3. The average Bonchev–Trinajstić information content (AvgIpc) is 2.66. The maximum Gasteiger partial charge on any atom is 0.335 e. The van der Waals surface area contributed by atoms with Crippen molar-refractivity contribution in [3.05, 3.63) is 65.2 Å². The van der Waals surface area contributed by atoms with E-state index < -0.39 is 5.97 Å². The van der Waals surface area contributed by atoms with Crippen molar-refractivity contribution >= 4 is 23.5 Å². The summed E-state index contributed by atoms with van der Waals surface area (Å²) in [6.07, 6.45) is 1.97. The highest BCUT2D eigenvalue weighted by Crippen LogP contribution is 2.26. The number of fused-ring (bicyclic) bond motifs is 1. The Kier molecular flexibility index (Phi) is 5.31. The summed E-state index contributed by atoms with van der Waals surface area (Å²) in [6.45, 7) is 0.600. The number of carboxylic acid groups (broad SMARTS) is 1. The number of para-hydroxylation sites is 1. The topological polar surface area (TPSA) is 86.7 Å². The number of aromatic carboxylic acids is 1. The number of aryl methyl sites for hydroxylation is 1. The molecule has 0 radical (unpaired) electrons. The van der Waals surface area contributed by atoms with E-state index in [1.807, 2.05) is 24.3 Å². The zero-order valence-corrected chi connectivity index (χ0v) is 14.3. The van der Waals surface area contributed by atoms with Crippen LogP contribution in [0.2, 0.25) is 0 Å². The molecule has 3 rings (SSSR count). The molecule has 0 fully saturated rings. The fourth-order valence-electron chi connectivity index (χ4n) is 3.08. The molecule has 2 aromatic rings. The first-order chi connectivity index (χ1) is 12.5. The normalized spacial score (nSPS) is 13.0. The second-order valence-corrected chi connectivity index (χ2v) is 6.23. The Morgan fingerprint density at radius 3 is 2.50 bits per heavy atom.